The molecule has 1 rings (SSSR count). The van der Waals surface area contributed by atoms with Crippen molar-refractivity contribution >= 4 is 11.9 Å². The number of likely N-dealkylation sites (N-methyl/N-ethyl adjacent to an activating group) is 1. The van der Waals surface area contributed by atoms with E-state index in [4.69, 9.17) is 10.5 Å². The van der Waals surface area contributed by atoms with Crippen LogP contribution in [0.15, 0.2) is 0 Å². The highest BCUT2D eigenvalue weighted by Gasteiger charge is 2.36. The van der Waals surface area contributed by atoms with Crippen LogP contribution >= 0.6 is 0 Å². The average molecular weight is 257 g/mol. The molecule has 2 N–H and O–H groups in total. The zero-order chi connectivity index (χ0) is 13.9. The molecule has 18 heavy (non-hydrogen) atoms. The molecule has 1 aliphatic rings. The van der Waals surface area contributed by atoms with Crippen molar-refractivity contribution in [1.82, 2.24) is 9.80 Å². The quantitative estimate of drug-likeness (QED) is 0.760. The molecular weight excluding hydrogens is 234 g/mol. The Morgan fingerprint density at radius 2 is 2.00 bits per heavy atom. The van der Waals surface area contributed by atoms with Gasteiger partial charge < -0.3 is 20.3 Å². The molecule has 0 saturated carbocycles. The van der Waals surface area contributed by atoms with Gasteiger partial charge in [-0.1, -0.05) is 13.8 Å². The number of ether oxygens (including phenoxy) is 1. The number of carbonyl (C=O) groups excluding carboxylic acids is 2. The van der Waals surface area contributed by atoms with Gasteiger partial charge >= 0.3 is 6.03 Å². The molecule has 1 atom stereocenters. The highest BCUT2D eigenvalue weighted by molar-refractivity contribution is 5.86. The van der Waals surface area contributed by atoms with Gasteiger partial charge in [0.15, 0.2) is 0 Å². The van der Waals surface area contributed by atoms with Crippen molar-refractivity contribution < 1.29 is 14.3 Å². The Kier molecular flexibility index (Phi) is 4.95. The zero-order valence-electron chi connectivity index (χ0n) is 11.5. The Morgan fingerprint density at radius 1 is 1.44 bits per heavy atom. The van der Waals surface area contributed by atoms with E-state index in [0.717, 1.165) is 0 Å². The molecule has 0 unspecified atom stereocenters. The molecule has 0 aromatic rings. The molecule has 0 radical (unpaired) electrons. The maximum Gasteiger partial charge on any atom is 0.320 e. The third-order valence-corrected chi connectivity index (χ3v) is 3.27. The number of amides is 3. The molecule has 1 fully saturated rings. The minimum absolute atomic E-state index is 0.00694. The van der Waals surface area contributed by atoms with E-state index < -0.39 is 11.9 Å². The molecule has 6 heteroatoms. The van der Waals surface area contributed by atoms with Gasteiger partial charge in [-0.2, -0.15) is 0 Å². The molecule has 1 aliphatic heterocycles. The van der Waals surface area contributed by atoms with Crippen LogP contribution in [-0.4, -0.2) is 61.6 Å². The number of hydrogen-bond donors (Lipinski definition) is 1. The minimum atomic E-state index is -0.557. The summed E-state index contributed by atoms with van der Waals surface area (Å²) in [5.74, 6) is -0.0549. The fourth-order valence-electron chi connectivity index (χ4n) is 2.38. The van der Waals surface area contributed by atoms with E-state index in [0.29, 0.717) is 25.6 Å². The van der Waals surface area contributed by atoms with Gasteiger partial charge in [0, 0.05) is 33.2 Å². The van der Waals surface area contributed by atoms with Crippen molar-refractivity contribution in [3.05, 3.63) is 0 Å². The van der Waals surface area contributed by atoms with Crippen LogP contribution in [0.1, 0.15) is 13.8 Å². The number of carbonyl (C=O) groups is 2. The molecule has 6 nitrogen and oxygen atoms in total. The summed E-state index contributed by atoms with van der Waals surface area (Å²) in [4.78, 5) is 26.7. The Balaban J connectivity index is 2.54. The van der Waals surface area contributed by atoms with Crippen LogP contribution in [-0.2, 0) is 9.53 Å². The minimum Gasteiger partial charge on any atom is -0.384 e. The summed E-state index contributed by atoms with van der Waals surface area (Å²) >= 11 is 0. The maximum absolute atomic E-state index is 12.1. The highest BCUT2D eigenvalue weighted by atomic mass is 16.5. The lowest BCUT2D eigenvalue weighted by atomic mass is 10.0. The second kappa shape index (κ2) is 6.04. The molecule has 1 saturated heterocycles. The van der Waals surface area contributed by atoms with Gasteiger partial charge in [-0.3, -0.25) is 4.79 Å². The van der Waals surface area contributed by atoms with Gasteiger partial charge in [0.1, 0.15) is 6.04 Å². The summed E-state index contributed by atoms with van der Waals surface area (Å²) < 4.78 is 5.03. The first-order chi connectivity index (χ1) is 8.38. The third-order valence-electron chi connectivity index (χ3n) is 3.27. The molecule has 0 aliphatic carbocycles. The standard InChI is InChI=1S/C12H23N3O3/c1-8(2)10(11(13)16)14(3)12(17)15-5-9(6-15)7-18-4/h8-10H,5-7H2,1-4H3,(H2,13,16)/t10-/m0/s1. The van der Waals surface area contributed by atoms with Crippen LogP contribution in [0.2, 0.25) is 0 Å². The van der Waals surface area contributed by atoms with E-state index in [-0.39, 0.29) is 11.9 Å². The summed E-state index contributed by atoms with van der Waals surface area (Å²) in [6.07, 6.45) is 0. The molecular formula is C12H23N3O3. The van der Waals surface area contributed by atoms with Gasteiger partial charge in [0.2, 0.25) is 5.91 Å². The van der Waals surface area contributed by atoms with Gasteiger partial charge in [-0.15, -0.1) is 0 Å². The summed E-state index contributed by atoms with van der Waals surface area (Å²) in [6.45, 7) is 5.78. The SMILES string of the molecule is COCC1CN(C(=O)N(C)[C@H](C(N)=O)C(C)C)C1. The fraction of sp³-hybridized carbons (Fsp3) is 0.833. The van der Waals surface area contributed by atoms with Crippen molar-refractivity contribution in [3.8, 4) is 0 Å². The molecule has 104 valence electrons. The monoisotopic (exact) mass is 257 g/mol. The van der Waals surface area contributed by atoms with Crippen molar-refractivity contribution in [2.24, 2.45) is 17.6 Å². The Bertz CT molecular complexity index is 314. The first kappa shape index (κ1) is 14.8. The summed E-state index contributed by atoms with van der Waals surface area (Å²) in [6, 6.07) is -0.696. The first-order valence-corrected chi connectivity index (χ1v) is 6.18. The second-order valence-corrected chi connectivity index (χ2v) is 5.21. The number of nitrogens with zero attached hydrogens (tertiary/aromatic N) is 2. The Labute approximate surface area is 108 Å². The van der Waals surface area contributed by atoms with E-state index in [9.17, 15) is 9.59 Å². The largest absolute Gasteiger partial charge is 0.384 e. The molecule has 1 heterocycles. The number of methoxy groups -OCH3 is 1. The maximum atomic E-state index is 12.1. The lowest BCUT2D eigenvalue weighted by Crippen LogP contribution is -2.59. The lowest BCUT2D eigenvalue weighted by Gasteiger charge is -2.42. The van der Waals surface area contributed by atoms with Crippen molar-refractivity contribution in [3.63, 3.8) is 0 Å². The molecule has 0 aromatic carbocycles. The first-order valence-electron chi connectivity index (χ1n) is 6.18. The average Bonchev–Trinajstić information content (AvgIpc) is 2.20. The number of urea groups is 1. The predicted octanol–water partition coefficient (Wildman–Crippen LogP) is 0.126. The summed E-state index contributed by atoms with van der Waals surface area (Å²) in [7, 11) is 3.28. The molecule has 0 bridgehead atoms. The smallest absolute Gasteiger partial charge is 0.320 e. The van der Waals surface area contributed by atoms with E-state index in [2.05, 4.69) is 0 Å². The number of likely N-dealkylation sites (tertiary alicyclic amines) is 1. The van der Waals surface area contributed by atoms with Gasteiger partial charge in [0.05, 0.1) is 6.61 Å². The normalized spacial score (nSPS) is 17.5. The Hall–Kier alpha value is -1.30. The van der Waals surface area contributed by atoms with Crippen LogP contribution in [0.5, 0.6) is 0 Å². The van der Waals surface area contributed by atoms with E-state index in [1.165, 1.54) is 4.90 Å². The molecule has 0 aromatic heterocycles. The lowest BCUT2D eigenvalue weighted by molar-refractivity contribution is -0.123. The number of nitrogens with two attached hydrogens (primary N) is 1. The van der Waals surface area contributed by atoms with Crippen LogP contribution < -0.4 is 5.73 Å². The number of rotatable bonds is 5. The van der Waals surface area contributed by atoms with Crippen molar-refractivity contribution in [1.29, 1.82) is 0 Å². The van der Waals surface area contributed by atoms with Gasteiger partial charge in [-0.05, 0) is 5.92 Å². The van der Waals surface area contributed by atoms with Crippen LogP contribution in [0.4, 0.5) is 4.79 Å². The summed E-state index contributed by atoms with van der Waals surface area (Å²) in [5, 5.41) is 0. The third kappa shape index (κ3) is 3.13. The highest BCUT2D eigenvalue weighted by Crippen LogP contribution is 2.19. The Morgan fingerprint density at radius 3 is 2.39 bits per heavy atom. The molecule has 0 spiro atoms. The van der Waals surface area contributed by atoms with Gasteiger partial charge in [-0.25, -0.2) is 4.79 Å². The van der Waals surface area contributed by atoms with Crippen LogP contribution in [0.3, 0.4) is 0 Å². The van der Waals surface area contributed by atoms with Gasteiger partial charge in [0.25, 0.3) is 0 Å². The molecule has 3 amide bonds. The number of hydrogen-bond acceptors (Lipinski definition) is 3. The summed E-state index contributed by atoms with van der Waals surface area (Å²) in [5.41, 5.74) is 5.34. The van der Waals surface area contributed by atoms with E-state index in [1.54, 1.807) is 19.1 Å². The van der Waals surface area contributed by atoms with Crippen molar-refractivity contribution in [2.75, 3.05) is 33.9 Å². The van der Waals surface area contributed by atoms with Crippen LogP contribution in [0, 0.1) is 11.8 Å². The number of primary amides is 1. The van der Waals surface area contributed by atoms with E-state index in [1.807, 2.05) is 13.8 Å². The second-order valence-electron chi connectivity index (χ2n) is 5.21. The van der Waals surface area contributed by atoms with Crippen LogP contribution in [0.25, 0.3) is 0 Å². The topological polar surface area (TPSA) is 75.9 Å². The van der Waals surface area contributed by atoms with E-state index >= 15 is 0 Å². The fourth-order valence-corrected chi connectivity index (χ4v) is 2.38. The predicted molar refractivity (Wildman–Crippen MR) is 67.9 cm³/mol. The zero-order valence-corrected chi connectivity index (χ0v) is 11.5. The van der Waals surface area contributed by atoms with Crippen molar-refractivity contribution in [2.45, 2.75) is 19.9 Å².